The van der Waals surface area contributed by atoms with Crippen LogP contribution < -0.4 is 0 Å². The third kappa shape index (κ3) is 7.11. The summed E-state index contributed by atoms with van der Waals surface area (Å²) in [6.45, 7) is 0. The first kappa shape index (κ1) is 49.8. The third-order valence-electron chi connectivity index (χ3n) is 19.1. The van der Waals surface area contributed by atoms with Gasteiger partial charge in [-0.2, -0.15) is 0 Å². The first-order valence-corrected chi connectivity index (χ1v) is 32.4. The minimum atomic E-state index is 1.13. The molecule has 0 atom stereocenters. The van der Waals surface area contributed by atoms with Gasteiger partial charge in [0.2, 0.25) is 0 Å². The SMILES string of the molecule is c1ccc(-c2cccc(-n3c4ccc(-c5ccc(-c6cccc(-n7c8ccccc8c8c9c%10ccccc%10n(-c%10cccc%11sc%12ccccc%12c%10%11)c9ccc87)c6)cc5)cc4c4c5c6ccccc6n(-c6cccc7c6sc6ccccc67)c5ccc43)c2)cc1. The van der Waals surface area contributed by atoms with E-state index in [0.717, 1.165) is 11.4 Å². The normalized spacial score (nSPS) is 12.2. The van der Waals surface area contributed by atoms with Crippen LogP contribution >= 0.6 is 22.7 Å². The Morgan fingerprint density at radius 3 is 1.18 bits per heavy atom. The van der Waals surface area contributed by atoms with E-state index < -0.39 is 0 Å². The second-order valence-corrected chi connectivity index (χ2v) is 26.0. The Kier molecular flexibility index (Phi) is 10.6. The number of para-hydroxylation sites is 3. The summed E-state index contributed by atoms with van der Waals surface area (Å²) in [5, 5.41) is 15.2. The second kappa shape index (κ2) is 19.1. The van der Waals surface area contributed by atoms with Gasteiger partial charge < -0.3 is 18.3 Å². The Hall–Kier alpha value is -11.3. The van der Waals surface area contributed by atoms with Crippen molar-refractivity contribution in [1.29, 1.82) is 0 Å². The first-order valence-electron chi connectivity index (χ1n) is 30.8. The quantitative estimate of drug-likeness (QED) is 0.152. The summed E-state index contributed by atoms with van der Waals surface area (Å²) in [4.78, 5) is 0. The predicted molar refractivity (Wildman–Crippen MR) is 386 cm³/mol. The van der Waals surface area contributed by atoms with Crippen LogP contribution in [0, 0.1) is 0 Å². The van der Waals surface area contributed by atoms with Crippen molar-refractivity contribution in [3.8, 4) is 56.1 Å². The Morgan fingerprint density at radius 2 is 0.567 bits per heavy atom. The topological polar surface area (TPSA) is 19.7 Å². The smallest absolute Gasteiger partial charge is 0.0640 e. The summed E-state index contributed by atoms with van der Waals surface area (Å²) in [5.41, 5.74) is 21.3. The maximum absolute atomic E-state index is 2.52. The van der Waals surface area contributed by atoms with E-state index in [-0.39, 0.29) is 0 Å². The van der Waals surface area contributed by atoms with Gasteiger partial charge in [0, 0.05) is 90.1 Å². The molecule has 0 unspecified atom stereocenters. The van der Waals surface area contributed by atoms with Crippen molar-refractivity contribution < 1.29 is 0 Å². The summed E-state index contributed by atoms with van der Waals surface area (Å²) in [7, 11) is 0. The molecular weight excluding hydrogens is 1130 g/mol. The average molecular weight is 1180 g/mol. The van der Waals surface area contributed by atoms with Gasteiger partial charge >= 0.3 is 0 Å². The molecule has 14 aromatic carbocycles. The van der Waals surface area contributed by atoms with Crippen molar-refractivity contribution in [1.82, 2.24) is 18.3 Å². The highest BCUT2D eigenvalue weighted by Gasteiger charge is 2.25. The predicted octanol–water partition coefficient (Wildman–Crippen LogP) is 23.8. The van der Waals surface area contributed by atoms with Crippen LogP contribution in [0.15, 0.2) is 303 Å². The highest BCUT2D eigenvalue weighted by molar-refractivity contribution is 7.26. The molecule has 0 spiro atoms. The lowest BCUT2D eigenvalue weighted by Crippen LogP contribution is -1.95. The van der Waals surface area contributed by atoms with Gasteiger partial charge in [0.1, 0.15) is 0 Å². The van der Waals surface area contributed by atoms with Crippen molar-refractivity contribution in [2.24, 2.45) is 0 Å². The number of fused-ring (bicyclic) bond motifs is 20. The molecular formula is C84H50N4S2. The Labute approximate surface area is 524 Å². The van der Waals surface area contributed by atoms with Crippen LogP contribution in [0.25, 0.3) is 184 Å². The monoisotopic (exact) mass is 1180 g/mol. The molecule has 4 nitrogen and oxygen atoms in total. The molecule has 0 saturated carbocycles. The summed E-state index contributed by atoms with van der Waals surface area (Å²) in [6, 6.07) is 113. The maximum atomic E-state index is 2.52. The number of nitrogens with zero attached hydrogens (tertiary/aromatic N) is 4. The minimum absolute atomic E-state index is 1.13. The zero-order valence-corrected chi connectivity index (χ0v) is 50.1. The van der Waals surface area contributed by atoms with E-state index in [1.165, 1.54) is 172 Å². The zero-order valence-electron chi connectivity index (χ0n) is 48.5. The molecule has 20 aromatic rings. The Bertz CT molecular complexity index is 6400. The van der Waals surface area contributed by atoms with Crippen LogP contribution in [-0.4, -0.2) is 18.3 Å². The fraction of sp³-hybridized carbons (Fsp3) is 0. The van der Waals surface area contributed by atoms with E-state index in [2.05, 4.69) is 322 Å². The molecule has 0 aliphatic heterocycles. The van der Waals surface area contributed by atoms with E-state index in [4.69, 9.17) is 0 Å². The lowest BCUT2D eigenvalue weighted by atomic mass is 9.98. The molecule has 418 valence electrons. The number of hydrogen-bond donors (Lipinski definition) is 0. The van der Waals surface area contributed by atoms with Crippen molar-refractivity contribution in [2.75, 3.05) is 0 Å². The number of aromatic nitrogens is 4. The highest BCUT2D eigenvalue weighted by atomic mass is 32.1. The summed E-state index contributed by atoms with van der Waals surface area (Å²) >= 11 is 3.76. The van der Waals surface area contributed by atoms with Crippen molar-refractivity contribution in [2.45, 2.75) is 0 Å². The second-order valence-electron chi connectivity index (χ2n) is 23.9. The van der Waals surface area contributed by atoms with Gasteiger partial charge in [-0.05, 0) is 143 Å². The number of benzene rings is 14. The Morgan fingerprint density at radius 1 is 0.189 bits per heavy atom. The van der Waals surface area contributed by atoms with Crippen LogP contribution in [0.2, 0.25) is 0 Å². The van der Waals surface area contributed by atoms with Crippen molar-refractivity contribution in [3.05, 3.63) is 303 Å². The highest BCUT2D eigenvalue weighted by Crippen LogP contribution is 2.49. The van der Waals surface area contributed by atoms with Crippen molar-refractivity contribution >= 4 is 150 Å². The van der Waals surface area contributed by atoms with Gasteiger partial charge in [0.25, 0.3) is 0 Å². The van der Waals surface area contributed by atoms with E-state index in [1.807, 2.05) is 22.7 Å². The van der Waals surface area contributed by atoms with Crippen LogP contribution in [0.5, 0.6) is 0 Å². The number of rotatable bonds is 7. The van der Waals surface area contributed by atoms with Gasteiger partial charge in [0.15, 0.2) is 0 Å². The van der Waals surface area contributed by atoms with Crippen molar-refractivity contribution in [3.63, 3.8) is 0 Å². The molecule has 0 bridgehead atoms. The van der Waals surface area contributed by atoms with E-state index in [0.29, 0.717) is 0 Å². The van der Waals surface area contributed by atoms with Crippen LogP contribution in [0.3, 0.4) is 0 Å². The van der Waals surface area contributed by atoms with Crippen LogP contribution in [0.1, 0.15) is 0 Å². The molecule has 0 amide bonds. The largest absolute Gasteiger partial charge is 0.309 e. The van der Waals surface area contributed by atoms with Gasteiger partial charge in [-0.1, -0.05) is 194 Å². The first-order chi connectivity index (χ1) is 44.7. The molecule has 90 heavy (non-hydrogen) atoms. The number of thiophene rings is 2. The Balaban J connectivity index is 0.736. The molecule has 6 heterocycles. The van der Waals surface area contributed by atoms with Crippen LogP contribution in [-0.2, 0) is 0 Å². The molecule has 0 saturated heterocycles. The lowest BCUT2D eigenvalue weighted by molar-refractivity contribution is 1.18. The van der Waals surface area contributed by atoms with Gasteiger partial charge in [0.05, 0.1) is 60.2 Å². The molecule has 0 radical (unpaired) electrons. The summed E-state index contributed by atoms with van der Waals surface area (Å²) < 4.78 is 15.2. The summed E-state index contributed by atoms with van der Waals surface area (Å²) in [5.74, 6) is 0. The summed E-state index contributed by atoms with van der Waals surface area (Å²) in [6.07, 6.45) is 0. The minimum Gasteiger partial charge on any atom is -0.309 e. The number of hydrogen-bond acceptors (Lipinski definition) is 2. The molecule has 6 aromatic heterocycles. The third-order valence-corrected chi connectivity index (χ3v) is 21.5. The van der Waals surface area contributed by atoms with Gasteiger partial charge in [-0.25, -0.2) is 0 Å². The molecule has 0 N–H and O–H groups in total. The van der Waals surface area contributed by atoms with Gasteiger partial charge in [-0.3, -0.25) is 0 Å². The standard InChI is InChI=1S/C84H50N4S2/c1-2-18-51(19-3-1)54-20-14-23-58(48-54)86-69-43-42-56(50-65(69)83-72(86)45-47-74-82(83)63-27-6-11-32-68(63)88(74)75-34-16-29-60-59-24-7-12-35-76(59)90-84(60)75)53-40-38-52(39-41-53)55-21-15-22-57(49-55)85-66-30-9-4-25-61(66)80-71(85)44-46-73-81(80)62-26-5-10-31-67(62)87(73)70-33-17-37-78-79(70)64-28-8-13-36-77(64)89-78/h1-50H. The molecule has 20 rings (SSSR count). The van der Waals surface area contributed by atoms with E-state index >= 15 is 0 Å². The van der Waals surface area contributed by atoms with E-state index in [1.54, 1.807) is 0 Å². The zero-order chi connectivity index (χ0) is 58.7. The lowest BCUT2D eigenvalue weighted by Gasteiger charge is -2.12. The maximum Gasteiger partial charge on any atom is 0.0640 e. The average Bonchev–Trinajstić information content (AvgIpc) is 1.56. The fourth-order valence-electron chi connectivity index (χ4n) is 15.3. The van der Waals surface area contributed by atoms with E-state index in [9.17, 15) is 0 Å². The van der Waals surface area contributed by atoms with Crippen LogP contribution in [0.4, 0.5) is 0 Å². The van der Waals surface area contributed by atoms with Gasteiger partial charge in [-0.15, -0.1) is 22.7 Å². The fourth-order valence-corrected chi connectivity index (χ4v) is 17.7. The molecule has 6 heteroatoms. The molecule has 0 aliphatic carbocycles. The molecule has 0 aliphatic rings. The molecule has 0 fully saturated rings.